The second kappa shape index (κ2) is 6.78. The number of rotatable bonds is 4. The largest absolute Gasteiger partial charge is 0.493 e. The zero-order valence-corrected chi connectivity index (χ0v) is 15.1. The summed E-state index contributed by atoms with van der Waals surface area (Å²) in [5.41, 5.74) is 1.11. The molecule has 2 atom stereocenters. The average Bonchev–Trinajstić information content (AvgIpc) is 3.07. The van der Waals surface area contributed by atoms with Crippen LogP contribution in [0.5, 0.6) is 17.2 Å². The zero-order chi connectivity index (χ0) is 17.3. The lowest BCUT2D eigenvalue weighted by molar-refractivity contribution is -0.229. The molecule has 1 aromatic rings. The summed E-state index contributed by atoms with van der Waals surface area (Å²) < 4.78 is 28.5. The van der Waals surface area contributed by atoms with Crippen molar-refractivity contribution in [2.24, 2.45) is 5.92 Å². The molecule has 2 aliphatic heterocycles. The quantitative estimate of drug-likeness (QED) is 0.841. The van der Waals surface area contributed by atoms with Crippen LogP contribution >= 0.6 is 0 Å². The van der Waals surface area contributed by atoms with Crippen LogP contribution in [-0.4, -0.2) is 58.8 Å². The van der Waals surface area contributed by atoms with Gasteiger partial charge in [-0.15, -0.1) is 0 Å². The number of piperidine rings is 1. The second-order valence-electron chi connectivity index (χ2n) is 6.43. The number of methoxy groups -OCH3 is 3. The molecule has 6 nitrogen and oxygen atoms in total. The molecule has 2 saturated heterocycles. The summed E-state index contributed by atoms with van der Waals surface area (Å²) in [5, 5.41) is 0. The van der Waals surface area contributed by atoms with Crippen molar-refractivity contribution in [1.82, 2.24) is 4.90 Å². The minimum atomic E-state index is -0.489. The van der Waals surface area contributed by atoms with E-state index in [-0.39, 0.29) is 12.0 Å². The summed E-state index contributed by atoms with van der Waals surface area (Å²) in [7, 11) is 7.02. The number of ether oxygens (including phenoxy) is 5. The number of hydrogen-bond donors (Lipinski definition) is 0. The van der Waals surface area contributed by atoms with Crippen LogP contribution in [0.3, 0.4) is 0 Å². The lowest BCUT2D eigenvalue weighted by Gasteiger charge is -2.47. The fourth-order valence-corrected chi connectivity index (χ4v) is 4.01. The van der Waals surface area contributed by atoms with Gasteiger partial charge in [-0.05, 0) is 24.7 Å². The van der Waals surface area contributed by atoms with Gasteiger partial charge in [-0.3, -0.25) is 4.90 Å². The van der Waals surface area contributed by atoms with Crippen LogP contribution in [0.2, 0.25) is 0 Å². The van der Waals surface area contributed by atoms with Gasteiger partial charge in [0, 0.05) is 24.9 Å². The van der Waals surface area contributed by atoms with E-state index in [0.29, 0.717) is 30.5 Å². The average molecular weight is 337 g/mol. The topological polar surface area (TPSA) is 49.4 Å². The van der Waals surface area contributed by atoms with Crippen molar-refractivity contribution in [2.75, 3.05) is 48.1 Å². The first-order valence-electron chi connectivity index (χ1n) is 8.34. The van der Waals surface area contributed by atoms with Crippen LogP contribution in [-0.2, 0) is 9.47 Å². The Morgan fingerprint density at radius 3 is 2.12 bits per heavy atom. The third-order valence-corrected chi connectivity index (χ3v) is 5.26. The zero-order valence-electron chi connectivity index (χ0n) is 15.1. The van der Waals surface area contributed by atoms with E-state index in [9.17, 15) is 0 Å². The number of benzene rings is 1. The first-order chi connectivity index (χ1) is 11.6. The Kier molecular flexibility index (Phi) is 4.90. The van der Waals surface area contributed by atoms with Gasteiger partial charge in [-0.1, -0.05) is 6.92 Å². The van der Waals surface area contributed by atoms with Crippen LogP contribution < -0.4 is 14.2 Å². The van der Waals surface area contributed by atoms with Gasteiger partial charge in [0.2, 0.25) is 5.75 Å². The minimum absolute atomic E-state index is 0.144. The molecule has 0 saturated carbocycles. The maximum Gasteiger partial charge on any atom is 0.203 e. The van der Waals surface area contributed by atoms with Crippen LogP contribution in [0.25, 0.3) is 0 Å². The van der Waals surface area contributed by atoms with Crippen LogP contribution in [0, 0.1) is 5.92 Å². The summed E-state index contributed by atoms with van der Waals surface area (Å²) in [6, 6.07) is 4.19. The number of nitrogens with zero attached hydrogens (tertiary/aromatic N) is 1. The van der Waals surface area contributed by atoms with Gasteiger partial charge in [0.15, 0.2) is 17.3 Å². The van der Waals surface area contributed by atoms with Gasteiger partial charge in [0.1, 0.15) is 0 Å². The molecule has 2 aliphatic rings. The summed E-state index contributed by atoms with van der Waals surface area (Å²) in [6.45, 7) is 4.42. The molecule has 0 bridgehead atoms. The summed E-state index contributed by atoms with van der Waals surface area (Å²) in [6.07, 6.45) is 0.881. The van der Waals surface area contributed by atoms with E-state index < -0.39 is 5.79 Å². The fourth-order valence-electron chi connectivity index (χ4n) is 4.01. The normalized spacial score (nSPS) is 26.5. The van der Waals surface area contributed by atoms with E-state index in [1.165, 1.54) is 0 Å². The van der Waals surface area contributed by atoms with E-state index >= 15 is 0 Å². The monoisotopic (exact) mass is 337 g/mol. The highest BCUT2D eigenvalue weighted by atomic mass is 16.7. The first kappa shape index (κ1) is 17.3. The summed E-state index contributed by atoms with van der Waals surface area (Å²) >= 11 is 0. The van der Waals surface area contributed by atoms with Crippen molar-refractivity contribution < 1.29 is 23.7 Å². The molecule has 1 aromatic carbocycles. The molecular weight excluding hydrogens is 310 g/mol. The Bertz CT molecular complexity index is 560. The Balaban J connectivity index is 2.02. The highest BCUT2D eigenvalue weighted by Gasteiger charge is 2.50. The third kappa shape index (κ3) is 2.72. The molecule has 134 valence electrons. The third-order valence-electron chi connectivity index (χ3n) is 5.26. The lowest BCUT2D eigenvalue weighted by atomic mass is 9.81. The van der Waals surface area contributed by atoms with E-state index in [2.05, 4.69) is 18.9 Å². The molecule has 0 unspecified atom stereocenters. The summed E-state index contributed by atoms with van der Waals surface area (Å²) in [4.78, 5) is 2.33. The summed E-state index contributed by atoms with van der Waals surface area (Å²) in [5.74, 6) is 1.64. The van der Waals surface area contributed by atoms with Crippen molar-refractivity contribution in [1.29, 1.82) is 0 Å². The molecule has 0 aromatic heterocycles. The Hall–Kier alpha value is -1.50. The molecule has 24 heavy (non-hydrogen) atoms. The fraction of sp³-hybridized carbons (Fsp3) is 0.667. The van der Waals surface area contributed by atoms with E-state index in [4.69, 9.17) is 23.7 Å². The maximum absolute atomic E-state index is 6.02. The molecule has 2 heterocycles. The Morgan fingerprint density at radius 2 is 1.62 bits per heavy atom. The van der Waals surface area contributed by atoms with E-state index in [1.807, 2.05) is 12.1 Å². The SMILES string of the molecule is COc1cc([C@@H]2[C@@H](C)C3(CCN2C)OCCO3)cc(OC)c1OC. The van der Waals surface area contributed by atoms with Crippen molar-refractivity contribution >= 4 is 0 Å². The van der Waals surface area contributed by atoms with Gasteiger partial charge < -0.3 is 23.7 Å². The predicted octanol–water partition coefficient (Wildman–Crippen LogP) is 2.47. The number of likely N-dealkylation sites (tertiary alicyclic amines) is 1. The standard InChI is InChI=1S/C18H27NO5/c1-12-16(19(2)7-6-18(12)23-8-9-24-18)13-10-14(20-3)17(22-5)15(11-13)21-4/h10-12,16H,6-9H2,1-5H3/t12-,16+/m1/s1. The van der Waals surface area contributed by atoms with E-state index in [1.54, 1.807) is 21.3 Å². The van der Waals surface area contributed by atoms with Gasteiger partial charge in [-0.2, -0.15) is 0 Å². The smallest absolute Gasteiger partial charge is 0.203 e. The Morgan fingerprint density at radius 1 is 1.04 bits per heavy atom. The van der Waals surface area contributed by atoms with Crippen molar-refractivity contribution in [3.8, 4) is 17.2 Å². The predicted molar refractivity (Wildman–Crippen MR) is 89.9 cm³/mol. The van der Waals surface area contributed by atoms with Crippen LogP contribution in [0.15, 0.2) is 12.1 Å². The van der Waals surface area contributed by atoms with Crippen molar-refractivity contribution in [2.45, 2.75) is 25.2 Å². The van der Waals surface area contributed by atoms with Crippen LogP contribution in [0.4, 0.5) is 0 Å². The molecule has 6 heteroatoms. The molecule has 3 rings (SSSR count). The highest BCUT2D eigenvalue weighted by Crippen LogP contribution is 2.48. The van der Waals surface area contributed by atoms with Crippen LogP contribution in [0.1, 0.15) is 24.9 Å². The van der Waals surface area contributed by atoms with Gasteiger partial charge in [0.25, 0.3) is 0 Å². The minimum Gasteiger partial charge on any atom is -0.493 e. The maximum atomic E-state index is 6.02. The first-order valence-corrected chi connectivity index (χ1v) is 8.34. The molecule has 0 radical (unpaired) electrons. The molecule has 1 spiro atoms. The van der Waals surface area contributed by atoms with E-state index in [0.717, 1.165) is 18.5 Å². The molecule has 2 fully saturated rings. The molecule has 0 N–H and O–H groups in total. The molecular formula is C18H27NO5. The van der Waals surface area contributed by atoms with Gasteiger partial charge >= 0.3 is 0 Å². The van der Waals surface area contributed by atoms with Gasteiger partial charge in [0.05, 0.1) is 34.5 Å². The number of hydrogen-bond acceptors (Lipinski definition) is 6. The van der Waals surface area contributed by atoms with Gasteiger partial charge in [-0.25, -0.2) is 0 Å². The molecule has 0 amide bonds. The lowest BCUT2D eigenvalue weighted by Crippen LogP contribution is -2.52. The van der Waals surface area contributed by atoms with Crippen molar-refractivity contribution in [3.63, 3.8) is 0 Å². The second-order valence-corrected chi connectivity index (χ2v) is 6.43. The van der Waals surface area contributed by atoms with Crippen molar-refractivity contribution in [3.05, 3.63) is 17.7 Å². The highest BCUT2D eigenvalue weighted by molar-refractivity contribution is 5.54. The Labute approximate surface area is 143 Å². The molecule has 0 aliphatic carbocycles.